The molecule has 0 atom stereocenters. The van der Waals surface area contributed by atoms with E-state index in [4.69, 9.17) is 4.74 Å². The third-order valence-electron chi connectivity index (χ3n) is 4.71. The normalized spacial score (nSPS) is 18.0. The van der Waals surface area contributed by atoms with E-state index < -0.39 is 5.60 Å². The van der Waals surface area contributed by atoms with Gasteiger partial charge in [-0.2, -0.15) is 0 Å². The Morgan fingerprint density at radius 3 is 2.39 bits per heavy atom. The van der Waals surface area contributed by atoms with Gasteiger partial charge in [0.2, 0.25) is 0 Å². The van der Waals surface area contributed by atoms with Gasteiger partial charge in [0.25, 0.3) is 0 Å². The molecule has 3 nitrogen and oxygen atoms in total. The van der Waals surface area contributed by atoms with Crippen LogP contribution in [0, 0.1) is 0 Å². The lowest BCUT2D eigenvalue weighted by atomic mass is 9.87. The molecule has 3 rings (SSSR count). The molecule has 126 valence electrons. The number of benzene rings is 1. The first-order valence-electron chi connectivity index (χ1n) is 8.65. The maximum absolute atomic E-state index is 12.4. The largest absolute Gasteiger partial charge is 0.444 e. The molecule has 2 aliphatic rings. The molecule has 0 radical (unpaired) electrons. The van der Waals surface area contributed by atoms with Gasteiger partial charge in [-0.25, -0.2) is 4.79 Å². The number of aryl methyl sites for hydroxylation is 1. The third-order valence-corrected chi connectivity index (χ3v) is 5.67. The lowest BCUT2D eigenvalue weighted by Gasteiger charge is -2.26. The fourth-order valence-electron chi connectivity index (χ4n) is 3.58. The number of carbonyl (C=O) groups excluding carboxylic acids is 1. The van der Waals surface area contributed by atoms with Gasteiger partial charge in [0, 0.05) is 17.6 Å². The number of carbonyl (C=O) groups is 1. The molecule has 1 aliphatic heterocycles. The minimum Gasteiger partial charge on any atom is -0.444 e. The van der Waals surface area contributed by atoms with Crippen LogP contribution in [0.5, 0.6) is 0 Å². The van der Waals surface area contributed by atoms with Crippen LogP contribution in [0.1, 0.15) is 55.9 Å². The molecular formula is C19H26BrNO2. The van der Waals surface area contributed by atoms with Gasteiger partial charge in [0.1, 0.15) is 5.60 Å². The first-order valence-corrected chi connectivity index (χ1v) is 9.44. The Bertz CT molecular complexity index is 619. The van der Waals surface area contributed by atoms with Crippen molar-refractivity contribution in [1.82, 2.24) is 4.90 Å². The van der Waals surface area contributed by atoms with Crippen LogP contribution in [-0.2, 0) is 30.4 Å². The lowest BCUT2D eigenvalue weighted by Crippen LogP contribution is -2.38. The van der Waals surface area contributed by atoms with E-state index in [1.807, 2.05) is 25.7 Å². The van der Waals surface area contributed by atoms with Crippen molar-refractivity contribution in [3.63, 3.8) is 0 Å². The topological polar surface area (TPSA) is 29.5 Å². The monoisotopic (exact) mass is 379 g/mol. The van der Waals surface area contributed by atoms with E-state index in [0.29, 0.717) is 0 Å². The van der Waals surface area contributed by atoms with Crippen molar-refractivity contribution in [3.8, 4) is 0 Å². The molecule has 23 heavy (non-hydrogen) atoms. The first-order chi connectivity index (χ1) is 10.8. The van der Waals surface area contributed by atoms with Crippen molar-refractivity contribution in [3.05, 3.63) is 32.8 Å². The summed E-state index contributed by atoms with van der Waals surface area (Å²) >= 11 is 3.86. The van der Waals surface area contributed by atoms with E-state index in [2.05, 4.69) is 22.0 Å². The van der Waals surface area contributed by atoms with E-state index in [9.17, 15) is 4.79 Å². The van der Waals surface area contributed by atoms with Gasteiger partial charge in [0.05, 0.1) is 0 Å². The van der Waals surface area contributed by atoms with Crippen LogP contribution in [0.4, 0.5) is 4.79 Å². The van der Waals surface area contributed by atoms with Gasteiger partial charge in [-0.3, -0.25) is 0 Å². The predicted octanol–water partition coefficient (Wildman–Crippen LogP) is 4.66. The van der Waals surface area contributed by atoms with Crippen LogP contribution >= 0.6 is 15.9 Å². The Labute approximate surface area is 147 Å². The molecule has 0 saturated heterocycles. The molecule has 1 heterocycles. The van der Waals surface area contributed by atoms with E-state index in [0.717, 1.165) is 25.9 Å². The second-order valence-electron chi connectivity index (χ2n) is 7.64. The molecular weight excluding hydrogens is 354 g/mol. The Morgan fingerprint density at radius 2 is 1.65 bits per heavy atom. The highest BCUT2D eigenvalue weighted by Crippen LogP contribution is 2.35. The van der Waals surface area contributed by atoms with Gasteiger partial charge >= 0.3 is 6.09 Å². The SMILES string of the molecule is CC(C)(C)OC(=O)N1CCc2cc3c(c(Br)c2CC1)CCCC3. The summed E-state index contributed by atoms with van der Waals surface area (Å²) in [6, 6.07) is 2.40. The number of nitrogens with zero attached hydrogens (tertiary/aromatic N) is 1. The van der Waals surface area contributed by atoms with Gasteiger partial charge in [-0.1, -0.05) is 22.0 Å². The van der Waals surface area contributed by atoms with Crippen LogP contribution in [0.2, 0.25) is 0 Å². The van der Waals surface area contributed by atoms with Gasteiger partial charge in [-0.15, -0.1) is 0 Å². The van der Waals surface area contributed by atoms with E-state index in [-0.39, 0.29) is 6.09 Å². The number of ether oxygens (including phenoxy) is 1. The zero-order valence-corrected chi connectivity index (χ0v) is 16.0. The summed E-state index contributed by atoms with van der Waals surface area (Å²) in [5.74, 6) is 0. The quantitative estimate of drug-likeness (QED) is 0.655. The Balaban J connectivity index is 1.80. The maximum atomic E-state index is 12.4. The first kappa shape index (κ1) is 16.8. The Hall–Kier alpha value is -1.03. The Morgan fingerprint density at radius 1 is 1.04 bits per heavy atom. The third kappa shape index (κ3) is 3.73. The zero-order chi connectivity index (χ0) is 16.6. The highest BCUT2D eigenvalue weighted by atomic mass is 79.9. The predicted molar refractivity (Wildman–Crippen MR) is 96.0 cm³/mol. The maximum Gasteiger partial charge on any atom is 0.410 e. The van der Waals surface area contributed by atoms with Crippen LogP contribution in [-0.4, -0.2) is 29.7 Å². The second-order valence-corrected chi connectivity index (χ2v) is 8.43. The van der Waals surface area contributed by atoms with Crippen molar-refractivity contribution in [2.45, 2.75) is 64.9 Å². The number of rotatable bonds is 0. The fourth-order valence-corrected chi connectivity index (χ4v) is 4.48. The molecule has 0 spiro atoms. The fraction of sp³-hybridized carbons (Fsp3) is 0.632. The van der Waals surface area contributed by atoms with E-state index in [1.165, 1.54) is 52.4 Å². The smallest absolute Gasteiger partial charge is 0.410 e. The highest BCUT2D eigenvalue weighted by molar-refractivity contribution is 9.10. The van der Waals surface area contributed by atoms with E-state index >= 15 is 0 Å². The molecule has 4 heteroatoms. The molecule has 1 aromatic carbocycles. The number of hydrogen-bond donors (Lipinski definition) is 0. The van der Waals surface area contributed by atoms with Crippen LogP contribution in [0.3, 0.4) is 0 Å². The second kappa shape index (κ2) is 6.46. The average Bonchev–Trinajstić information content (AvgIpc) is 2.68. The summed E-state index contributed by atoms with van der Waals surface area (Å²) in [5, 5.41) is 0. The molecule has 0 fully saturated rings. The summed E-state index contributed by atoms with van der Waals surface area (Å²) in [6.07, 6.45) is 6.58. The van der Waals surface area contributed by atoms with Crippen LogP contribution in [0.15, 0.2) is 10.5 Å². The van der Waals surface area contributed by atoms with Crippen molar-refractivity contribution < 1.29 is 9.53 Å². The summed E-state index contributed by atoms with van der Waals surface area (Å²) in [6.45, 7) is 7.23. The average molecular weight is 380 g/mol. The van der Waals surface area contributed by atoms with Crippen molar-refractivity contribution in [1.29, 1.82) is 0 Å². The Kier molecular flexibility index (Phi) is 4.73. The highest BCUT2D eigenvalue weighted by Gasteiger charge is 2.26. The van der Waals surface area contributed by atoms with Crippen molar-refractivity contribution in [2.24, 2.45) is 0 Å². The summed E-state index contributed by atoms with van der Waals surface area (Å²) in [4.78, 5) is 14.2. The minimum atomic E-state index is -0.435. The van der Waals surface area contributed by atoms with Crippen molar-refractivity contribution in [2.75, 3.05) is 13.1 Å². The molecule has 1 amide bonds. The summed E-state index contributed by atoms with van der Waals surface area (Å²) in [7, 11) is 0. The van der Waals surface area contributed by atoms with Gasteiger partial charge in [0.15, 0.2) is 0 Å². The van der Waals surface area contributed by atoms with Gasteiger partial charge < -0.3 is 9.64 Å². The number of amides is 1. The number of halogens is 1. The minimum absolute atomic E-state index is 0.189. The molecule has 0 unspecified atom stereocenters. The lowest BCUT2D eigenvalue weighted by molar-refractivity contribution is 0.0258. The summed E-state index contributed by atoms with van der Waals surface area (Å²) in [5.41, 5.74) is 5.38. The van der Waals surface area contributed by atoms with Crippen LogP contribution < -0.4 is 0 Å². The van der Waals surface area contributed by atoms with E-state index in [1.54, 1.807) is 0 Å². The molecule has 0 aromatic heterocycles. The number of fused-ring (bicyclic) bond motifs is 2. The molecule has 0 bridgehead atoms. The van der Waals surface area contributed by atoms with Gasteiger partial charge in [-0.05, 0) is 81.5 Å². The summed E-state index contributed by atoms with van der Waals surface area (Å²) < 4.78 is 6.84. The zero-order valence-electron chi connectivity index (χ0n) is 14.4. The number of hydrogen-bond acceptors (Lipinski definition) is 2. The standard InChI is InChI=1S/C19H26BrNO2/c1-19(2,3)23-18(22)21-10-8-14-12-13-6-4-5-7-15(13)17(20)16(14)9-11-21/h12H,4-11H2,1-3H3. The van der Waals surface area contributed by atoms with Crippen LogP contribution in [0.25, 0.3) is 0 Å². The molecule has 0 N–H and O–H groups in total. The molecule has 1 aromatic rings. The molecule has 1 aliphatic carbocycles. The van der Waals surface area contributed by atoms with Crippen molar-refractivity contribution >= 4 is 22.0 Å². The molecule has 0 saturated carbocycles.